The second-order valence-electron chi connectivity index (χ2n) is 5.03. The molecule has 1 fully saturated rings. The van der Waals surface area contributed by atoms with E-state index in [9.17, 15) is 4.79 Å². The van der Waals surface area contributed by atoms with E-state index in [0.717, 1.165) is 11.3 Å². The van der Waals surface area contributed by atoms with Crippen molar-refractivity contribution in [3.8, 4) is 0 Å². The molecule has 2 rings (SSSR count). The number of rotatable bonds is 3. The molecule has 4 nitrogen and oxygen atoms in total. The van der Waals surface area contributed by atoms with E-state index in [4.69, 9.17) is 9.84 Å². The maximum Gasteiger partial charge on any atom is 0.253 e. The number of aliphatic hydroxyl groups is 1. The monoisotopic (exact) mass is 249 g/mol. The highest BCUT2D eigenvalue weighted by Gasteiger charge is 2.36. The van der Waals surface area contributed by atoms with Gasteiger partial charge in [0.25, 0.3) is 5.91 Å². The molecule has 0 saturated carbocycles. The van der Waals surface area contributed by atoms with E-state index in [2.05, 4.69) is 0 Å². The zero-order valence-electron chi connectivity index (χ0n) is 10.8. The molecule has 0 radical (unpaired) electrons. The molecule has 1 aromatic rings. The number of hydrogen-bond acceptors (Lipinski definition) is 3. The predicted molar refractivity (Wildman–Crippen MR) is 69.6 cm³/mol. The van der Waals surface area contributed by atoms with Gasteiger partial charge in [-0.3, -0.25) is 4.79 Å². The molecule has 0 aromatic heterocycles. The fourth-order valence-electron chi connectivity index (χ4n) is 2.20. The summed E-state index contributed by atoms with van der Waals surface area (Å²) in [5, 5.41) is 9.07. The predicted octanol–water partition coefficient (Wildman–Crippen LogP) is 1.50. The number of nitrogens with zero attached hydrogens (tertiary/aromatic N) is 1. The summed E-state index contributed by atoms with van der Waals surface area (Å²) >= 11 is 0. The number of hydrogen-bond donors (Lipinski definition) is 1. The summed E-state index contributed by atoms with van der Waals surface area (Å²) in [6.45, 7) is 4.55. The third kappa shape index (κ3) is 2.71. The van der Waals surface area contributed by atoms with Crippen LogP contribution in [0, 0.1) is 6.92 Å². The topological polar surface area (TPSA) is 49.8 Å². The van der Waals surface area contributed by atoms with Gasteiger partial charge in [0, 0.05) is 18.7 Å². The number of anilines is 1. The van der Waals surface area contributed by atoms with Gasteiger partial charge in [0.15, 0.2) is 0 Å². The third-order valence-electron chi connectivity index (χ3n) is 3.29. The summed E-state index contributed by atoms with van der Waals surface area (Å²) in [5.41, 5.74) is 1.55. The van der Waals surface area contributed by atoms with Crippen molar-refractivity contribution in [2.45, 2.75) is 25.9 Å². The lowest BCUT2D eigenvalue weighted by Crippen LogP contribution is -2.53. The minimum absolute atomic E-state index is 0.0315. The lowest BCUT2D eigenvalue weighted by atomic mass is 9.99. The van der Waals surface area contributed by atoms with Gasteiger partial charge in [-0.1, -0.05) is 12.1 Å². The Morgan fingerprint density at radius 1 is 1.50 bits per heavy atom. The number of aryl methyl sites for hydroxylation is 1. The van der Waals surface area contributed by atoms with Crippen molar-refractivity contribution in [1.82, 2.24) is 0 Å². The van der Waals surface area contributed by atoms with E-state index in [1.807, 2.05) is 38.1 Å². The Labute approximate surface area is 107 Å². The van der Waals surface area contributed by atoms with Crippen LogP contribution in [0.1, 0.15) is 18.9 Å². The summed E-state index contributed by atoms with van der Waals surface area (Å²) in [6, 6.07) is 7.86. The lowest BCUT2D eigenvalue weighted by Gasteiger charge is -2.40. The minimum Gasteiger partial charge on any atom is -0.396 e. The molecule has 18 heavy (non-hydrogen) atoms. The number of morpholine rings is 1. The van der Waals surface area contributed by atoms with Crippen molar-refractivity contribution in [3.05, 3.63) is 29.8 Å². The fourth-order valence-corrected chi connectivity index (χ4v) is 2.20. The Morgan fingerprint density at radius 2 is 2.28 bits per heavy atom. The molecule has 0 spiro atoms. The van der Waals surface area contributed by atoms with Crippen LogP contribution < -0.4 is 4.90 Å². The average molecular weight is 249 g/mol. The number of ether oxygens (including phenoxy) is 1. The summed E-state index contributed by atoms with van der Waals surface area (Å²) in [7, 11) is 0. The maximum absolute atomic E-state index is 11.9. The van der Waals surface area contributed by atoms with Gasteiger partial charge in [-0.2, -0.15) is 0 Å². The molecule has 1 aromatic carbocycles. The van der Waals surface area contributed by atoms with E-state index in [-0.39, 0.29) is 19.1 Å². The second-order valence-corrected chi connectivity index (χ2v) is 5.03. The molecule has 98 valence electrons. The second kappa shape index (κ2) is 5.08. The van der Waals surface area contributed by atoms with Gasteiger partial charge >= 0.3 is 0 Å². The number of benzene rings is 1. The van der Waals surface area contributed by atoms with Crippen LogP contribution in [0.4, 0.5) is 5.69 Å². The highest BCUT2D eigenvalue weighted by atomic mass is 16.5. The molecule has 0 bridgehead atoms. The van der Waals surface area contributed by atoms with Crippen LogP contribution >= 0.6 is 0 Å². The SMILES string of the molecule is Cc1cccc(N2CC(C)(CCO)OCC2=O)c1. The van der Waals surface area contributed by atoms with Crippen LogP contribution in [0.15, 0.2) is 24.3 Å². The number of amides is 1. The Morgan fingerprint density at radius 3 is 2.94 bits per heavy atom. The molecule has 1 saturated heterocycles. The Bertz CT molecular complexity index is 446. The van der Waals surface area contributed by atoms with E-state index < -0.39 is 5.60 Å². The van der Waals surface area contributed by atoms with Crippen molar-refractivity contribution in [2.24, 2.45) is 0 Å². The van der Waals surface area contributed by atoms with Crippen molar-refractivity contribution in [1.29, 1.82) is 0 Å². The molecule has 4 heteroatoms. The Balaban J connectivity index is 2.23. The van der Waals surface area contributed by atoms with Gasteiger partial charge in [0.2, 0.25) is 0 Å². The van der Waals surface area contributed by atoms with Crippen LogP contribution in [0.2, 0.25) is 0 Å². The van der Waals surface area contributed by atoms with Crippen LogP contribution in [0.3, 0.4) is 0 Å². The molecular formula is C14H19NO3. The summed E-state index contributed by atoms with van der Waals surface area (Å²) in [6.07, 6.45) is 0.530. The molecule has 0 aliphatic carbocycles. The average Bonchev–Trinajstić information content (AvgIpc) is 2.33. The quantitative estimate of drug-likeness (QED) is 0.883. The zero-order chi connectivity index (χ0) is 13.2. The van der Waals surface area contributed by atoms with Gasteiger partial charge < -0.3 is 14.7 Å². The lowest BCUT2D eigenvalue weighted by molar-refractivity contribution is -0.138. The van der Waals surface area contributed by atoms with Crippen molar-refractivity contribution in [2.75, 3.05) is 24.7 Å². The number of aliphatic hydroxyl groups excluding tert-OH is 1. The van der Waals surface area contributed by atoms with Gasteiger partial charge in [-0.25, -0.2) is 0 Å². The summed E-state index contributed by atoms with van der Waals surface area (Å²) in [5.74, 6) is -0.0315. The maximum atomic E-state index is 11.9. The van der Waals surface area contributed by atoms with Gasteiger partial charge in [-0.15, -0.1) is 0 Å². The normalized spacial score (nSPS) is 24.4. The van der Waals surface area contributed by atoms with Gasteiger partial charge in [-0.05, 0) is 31.5 Å². The van der Waals surface area contributed by atoms with Gasteiger partial charge in [0.05, 0.1) is 12.1 Å². The largest absolute Gasteiger partial charge is 0.396 e. The van der Waals surface area contributed by atoms with Crippen LogP contribution in [0.5, 0.6) is 0 Å². The summed E-state index contributed by atoms with van der Waals surface area (Å²) < 4.78 is 5.55. The first kappa shape index (κ1) is 13.1. The van der Waals surface area contributed by atoms with E-state index >= 15 is 0 Å². The van der Waals surface area contributed by atoms with E-state index in [1.54, 1.807) is 4.90 Å². The molecule has 1 unspecified atom stereocenters. The fraction of sp³-hybridized carbons (Fsp3) is 0.500. The first-order chi connectivity index (χ1) is 8.54. The van der Waals surface area contributed by atoms with Crippen molar-refractivity contribution < 1.29 is 14.6 Å². The van der Waals surface area contributed by atoms with Crippen molar-refractivity contribution >= 4 is 11.6 Å². The van der Waals surface area contributed by atoms with E-state index in [0.29, 0.717) is 13.0 Å². The highest BCUT2D eigenvalue weighted by molar-refractivity contribution is 5.95. The van der Waals surface area contributed by atoms with Crippen LogP contribution in [-0.2, 0) is 9.53 Å². The van der Waals surface area contributed by atoms with Crippen LogP contribution in [0.25, 0.3) is 0 Å². The number of carbonyl (C=O) groups excluding carboxylic acids is 1. The first-order valence-corrected chi connectivity index (χ1v) is 6.16. The van der Waals surface area contributed by atoms with Gasteiger partial charge in [0.1, 0.15) is 6.61 Å². The molecule has 1 atom stereocenters. The number of carbonyl (C=O) groups is 1. The summed E-state index contributed by atoms with van der Waals surface area (Å²) in [4.78, 5) is 13.7. The molecular weight excluding hydrogens is 230 g/mol. The molecule has 1 aliphatic rings. The smallest absolute Gasteiger partial charge is 0.253 e. The minimum atomic E-state index is -0.466. The molecule has 1 aliphatic heterocycles. The first-order valence-electron chi connectivity index (χ1n) is 6.16. The third-order valence-corrected chi connectivity index (χ3v) is 3.29. The highest BCUT2D eigenvalue weighted by Crippen LogP contribution is 2.26. The van der Waals surface area contributed by atoms with Crippen LogP contribution in [-0.4, -0.2) is 36.4 Å². The molecule has 1 heterocycles. The Hall–Kier alpha value is -1.39. The molecule has 1 N–H and O–H groups in total. The van der Waals surface area contributed by atoms with E-state index in [1.165, 1.54) is 0 Å². The standard InChI is InChI=1S/C14H19NO3/c1-11-4-3-5-12(8-11)15-10-14(2,6-7-16)18-9-13(15)17/h3-5,8,16H,6-7,9-10H2,1-2H3. The molecule has 1 amide bonds. The Kier molecular flexibility index (Phi) is 3.68. The zero-order valence-corrected chi connectivity index (χ0v) is 10.8. The van der Waals surface area contributed by atoms with Crippen molar-refractivity contribution in [3.63, 3.8) is 0 Å².